The highest BCUT2D eigenvalue weighted by Crippen LogP contribution is 2.22. The van der Waals surface area contributed by atoms with E-state index >= 15 is 0 Å². The molecule has 1 heterocycles. The number of halogens is 5. The van der Waals surface area contributed by atoms with Crippen molar-refractivity contribution < 1.29 is 26.7 Å². The zero-order valence-electron chi connectivity index (χ0n) is 13.2. The Morgan fingerprint density at radius 3 is 2.15 bits per heavy atom. The van der Waals surface area contributed by atoms with E-state index in [0.29, 0.717) is 0 Å². The molecule has 3 aromatic rings. The summed E-state index contributed by atoms with van der Waals surface area (Å²) in [6, 6.07) is 4.75. The van der Waals surface area contributed by atoms with Crippen molar-refractivity contribution in [2.75, 3.05) is 10.6 Å². The molecule has 0 aliphatic carbocycles. The highest BCUT2D eigenvalue weighted by Gasteiger charge is 2.16. The predicted octanol–water partition coefficient (Wildman–Crippen LogP) is 4.17. The third-order valence-corrected chi connectivity index (χ3v) is 3.38. The Balaban J connectivity index is 1.75. The summed E-state index contributed by atoms with van der Waals surface area (Å²) in [7, 11) is 0. The van der Waals surface area contributed by atoms with Crippen molar-refractivity contribution in [3.63, 3.8) is 0 Å². The Morgan fingerprint density at radius 2 is 1.52 bits per heavy atom. The Labute approximate surface area is 148 Å². The van der Waals surface area contributed by atoms with Crippen LogP contribution in [0.5, 0.6) is 0 Å². The molecule has 0 atom stereocenters. The van der Waals surface area contributed by atoms with Crippen molar-refractivity contribution in [2.24, 2.45) is 0 Å². The number of anilines is 3. The molecule has 0 bridgehead atoms. The van der Waals surface area contributed by atoms with Gasteiger partial charge >= 0.3 is 0 Å². The number of benzene rings is 2. The lowest BCUT2D eigenvalue weighted by Gasteiger charge is -2.09. The van der Waals surface area contributed by atoms with Crippen LogP contribution in [0, 0.1) is 29.1 Å². The average molecular weight is 380 g/mol. The Kier molecular flexibility index (Phi) is 4.97. The van der Waals surface area contributed by atoms with Crippen LogP contribution in [0.25, 0.3) is 0 Å². The van der Waals surface area contributed by atoms with Gasteiger partial charge in [-0.05, 0) is 24.3 Å². The number of carbonyl (C=O) groups is 1. The second kappa shape index (κ2) is 7.36. The Morgan fingerprint density at radius 1 is 0.815 bits per heavy atom. The van der Waals surface area contributed by atoms with Gasteiger partial charge in [0.1, 0.15) is 28.8 Å². The quantitative estimate of drug-likeness (QED) is 0.527. The number of nitrogens with zero attached hydrogens (tertiary/aromatic N) is 2. The van der Waals surface area contributed by atoms with E-state index in [2.05, 4.69) is 15.3 Å². The molecule has 0 radical (unpaired) electrons. The summed E-state index contributed by atoms with van der Waals surface area (Å²) in [5.74, 6) is -7.40. The van der Waals surface area contributed by atoms with E-state index in [9.17, 15) is 26.7 Å². The fourth-order valence-electron chi connectivity index (χ4n) is 2.07. The van der Waals surface area contributed by atoms with Gasteiger partial charge in [0.15, 0.2) is 17.5 Å². The second-order valence-electron chi connectivity index (χ2n) is 5.19. The molecule has 27 heavy (non-hydrogen) atoms. The van der Waals surface area contributed by atoms with Gasteiger partial charge in [0.2, 0.25) is 0 Å². The van der Waals surface area contributed by atoms with E-state index < -0.39 is 46.4 Å². The second-order valence-corrected chi connectivity index (χ2v) is 5.19. The summed E-state index contributed by atoms with van der Waals surface area (Å²) >= 11 is 0. The zero-order chi connectivity index (χ0) is 19.6. The molecule has 10 heteroatoms. The summed E-state index contributed by atoms with van der Waals surface area (Å²) < 4.78 is 66.8. The summed E-state index contributed by atoms with van der Waals surface area (Å²) in [5.41, 5.74) is -1.32. The average Bonchev–Trinajstić information content (AvgIpc) is 2.66. The van der Waals surface area contributed by atoms with Crippen molar-refractivity contribution in [2.45, 2.75) is 0 Å². The van der Waals surface area contributed by atoms with Gasteiger partial charge < -0.3 is 10.6 Å². The third kappa shape index (κ3) is 3.84. The summed E-state index contributed by atoms with van der Waals surface area (Å²) in [6.45, 7) is 0. The number of hydrogen-bond donors (Lipinski definition) is 2. The monoisotopic (exact) mass is 380 g/mol. The molecule has 5 nitrogen and oxygen atoms in total. The molecule has 1 aromatic heterocycles. The number of hydrogen-bond acceptors (Lipinski definition) is 4. The molecule has 0 unspecified atom stereocenters. The molecule has 0 aliphatic rings. The molecular weight excluding hydrogens is 371 g/mol. The van der Waals surface area contributed by atoms with E-state index in [1.807, 2.05) is 5.32 Å². The number of amides is 1. The maximum Gasteiger partial charge on any atom is 0.276 e. The maximum atomic E-state index is 13.6. The molecule has 1 amide bonds. The molecule has 0 fully saturated rings. The van der Waals surface area contributed by atoms with Crippen LogP contribution >= 0.6 is 0 Å². The van der Waals surface area contributed by atoms with Crippen molar-refractivity contribution in [1.29, 1.82) is 0 Å². The van der Waals surface area contributed by atoms with E-state index in [1.165, 1.54) is 0 Å². The molecule has 0 saturated carbocycles. The van der Waals surface area contributed by atoms with Crippen LogP contribution in [0.15, 0.2) is 42.7 Å². The number of carbonyl (C=O) groups excluding carboxylic acids is 1. The number of rotatable bonds is 4. The van der Waals surface area contributed by atoms with Gasteiger partial charge in [-0.1, -0.05) is 6.07 Å². The summed E-state index contributed by atoms with van der Waals surface area (Å²) in [6.07, 6.45) is 1.96. The lowest BCUT2D eigenvalue weighted by atomic mass is 10.2. The molecular formula is C17H9F5N4O. The minimum atomic E-state index is -1.66. The molecule has 0 saturated heterocycles. The van der Waals surface area contributed by atoms with Gasteiger partial charge in [-0.15, -0.1) is 0 Å². The van der Waals surface area contributed by atoms with Crippen molar-refractivity contribution >= 4 is 23.1 Å². The fraction of sp³-hybridized carbons (Fsp3) is 0. The Hall–Kier alpha value is -3.56. The molecule has 138 valence electrons. The largest absolute Gasteiger partial charge is 0.336 e. The van der Waals surface area contributed by atoms with Crippen LogP contribution in [0.3, 0.4) is 0 Å². The van der Waals surface area contributed by atoms with Crippen LogP contribution in [-0.2, 0) is 0 Å². The lowest BCUT2D eigenvalue weighted by Crippen LogP contribution is -2.16. The fourth-order valence-corrected chi connectivity index (χ4v) is 2.07. The van der Waals surface area contributed by atoms with Crippen molar-refractivity contribution in [3.05, 3.63) is 77.5 Å². The van der Waals surface area contributed by atoms with Crippen LogP contribution in [0.4, 0.5) is 39.1 Å². The molecule has 3 rings (SSSR count). The Bertz CT molecular complexity index is 991. The first-order chi connectivity index (χ1) is 12.9. The number of aromatic nitrogens is 2. The smallest absolute Gasteiger partial charge is 0.276 e. The normalized spacial score (nSPS) is 10.6. The highest BCUT2D eigenvalue weighted by atomic mass is 19.2. The lowest BCUT2D eigenvalue weighted by molar-refractivity contribution is 0.102. The van der Waals surface area contributed by atoms with Crippen molar-refractivity contribution in [3.8, 4) is 0 Å². The van der Waals surface area contributed by atoms with Crippen LogP contribution in [0.2, 0.25) is 0 Å². The molecule has 0 spiro atoms. The van der Waals surface area contributed by atoms with Crippen LogP contribution in [0.1, 0.15) is 10.5 Å². The van der Waals surface area contributed by atoms with E-state index in [-0.39, 0.29) is 11.5 Å². The first-order valence-electron chi connectivity index (χ1n) is 7.34. The van der Waals surface area contributed by atoms with E-state index in [0.717, 1.165) is 42.7 Å². The van der Waals surface area contributed by atoms with Gasteiger partial charge in [0, 0.05) is 0 Å². The first-order valence-corrected chi connectivity index (χ1v) is 7.34. The zero-order valence-corrected chi connectivity index (χ0v) is 13.2. The van der Waals surface area contributed by atoms with Gasteiger partial charge in [0.05, 0.1) is 18.1 Å². The van der Waals surface area contributed by atoms with Gasteiger partial charge in [-0.2, -0.15) is 0 Å². The maximum absolute atomic E-state index is 13.6. The summed E-state index contributed by atoms with van der Waals surface area (Å²) in [5, 5.41) is 4.39. The van der Waals surface area contributed by atoms with E-state index in [4.69, 9.17) is 0 Å². The van der Waals surface area contributed by atoms with Gasteiger partial charge in [0.25, 0.3) is 5.91 Å². The number of para-hydroxylation sites is 1. The standard InChI is InChI=1S/C17H9F5N4O/c18-8-4-5-11(15(22)14(8)21)25-13-7-23-12(6-24-13)17(27)26-16-9(19)2-1-3-10(16)20/h1-7H,(H,24,25)(H,26,27). The minimum Gasteiger partial charge on any atom is -0.336 e. The molecule has 2 aromatic carbocycles. The SMILES string of the molecule is O=C(Nc1c(F)cccc1F)c1cnc(Nc2ccc(F)c(F)c2F)cn1. The van der Waals surface area contributed by atoms with Gasteiger partial charge in [-0.25, -0.2) is 31.9 Å². The number of nitrogens with one attached hydrogen (secondary N) is 2. The summed E-state index contributed by atoms with van der Waals surface area (Å²) in [4.78, 5) is 19.5. The highest BCUT2D eigenvalue weighted by molar-refractivity contribution is 6.02. The van der Waals surface area contributed by atoms with Crippen LogP contribution < -0.4 is 10.6 Å². The first kappa shape index (κ1) is 18.2. The third-order valence-electron chi connectivity index (χ3n) is 3.38. The molecule has 2 N–H and O–H groups in total. The van der Waals surface area contributed by atoms with Crippen LogP contribution in [-0.4, -0.2) is 15.9 Å². The van der Waals surface area contributed by atoms with Gasteiger partial charge in [-0.3, -0.25) is 4.79 Å². The molecule has 0 aliphatic heterocycles. The topological polar surface area (TPSA) is 66.9 Å². The predicted molar refractivity (Wildman–Crippen MR) is 85.9 cm³/mol. The van der Waals surface area contributed by atoms with Crippen molar-refractivity contribution in [1.82, 2.24) is 9.97 Å². The minimum absolute atomic E-state index is 0.0754. The van der Waals surface area contributed by atoms with E-state index in [1.54, 1.807) is 0 Å².